The molecule has 8 nitrogen and oxygen atoms in total. The summed E-state index contributed by atoms with van der Waals surface area (Å²) in [7, 11) is 0. The van der Waals surface area contributed by atoms with Crippen LogP contribution in [0.25, 0.3) is 10.8 Å². The number of hydrogen-bond donors (Lipinski definition) is 2. The van der Waals surface area contributed by atoms with E-state index < -0.39 is 0 Å². The Bertz CT molecular complexity index is 1140. The Balaban J connectivity index is 1.27. The van der Waals surface area contributed by atoms with Crippen LogP contribution in [0.3, 0.4) is 0 Å². The van der Waals surface area contributed by atoms with Crippen molar-refractivity contribution in [1.29, 1.82) is 0 Å². The Morgan fingerprint density at radius 2 is 1.83 bits per heavy atom. The minimum Gasteiger partial charge on any atom is -0.454 e. The van der Waals surface area contributed by atoms with Gasteiger partial charge in [0.15, 0.2) is 11.5 Å². The Morgan fingerprint density at radius 3 is 2.72 bits per heavy atom. The largest absolute Gasteiger partial charge is 0.454 e. The standard InChI is InChI=1S/C21H19N3O5/c25-19(23-15-5-6-17-18(11-15)29-13-28-17)7-9-22-20(26)12-24-10-8-14-3-1-2-4-16(14)21(24)27/h1-6,8,10-11H,7,9,12-13H2,(H,22,26)(H,23,25). The first-order valence-corrected chi connectivity index (χ1v) is 9.14. The van der Waals surface area contributed by atoms with E-state index in [-0.39, 0.29) is 43.7 Å². The van der Waals surface area contributed by atoms with Gasteiger partial charge in [0.05, 0.1) is 0 Å². The number of anilines is 1. The molecule has 2 amide bonds. The summed E-state index contributed by atoms with van der Waals surface area (Å²) < 4.78 is 11.8. The smallest absolute Gasteiger partial charge is 0.258 e. The maximum absolute atomic E-state index is 12.4. The van der Waals surface area contributed by atoms with Gasteiger partial charge in [0.25, 0.3) is 5.56 Å². The minimum absolute atomic E-state index is 0.104. The van der Waals surface area contributed by atoms with E-state index in [4.69, 9.17) is 9.47 Å². The van der Waals surface area contributed by atoms with Crippen LogP contribution in [0.2, 0.25) is 0 Å². The van der Waals surface area contributed by atoms with Crippen molar-refractivity contribution < 1.29 is 19.1 Å². The molecule has 0 fully saturated rings. The summed E-state index contributed by atoms with van der Waals surface area (Å²) in [6, 6.07) is 14.1. The van der Waals surface area contributed by atoms with Crippen molar-refractivity contribution in [3.05, 3.63) is 65.1 Å². The van der Waals surface area contributed by atoms with Crippen molar-refractivity contribution in [2.24, 2.45) is 0 Å². The number of carbonyl (C=O) groups excluding carboxylic acids is 2. The average Bonchev–Trinajstić information content (AvgIpc) is 3.18. The predicted molar refractivity (Wildman–Crippen MR) is 107 cm³/mol. The monoisotopic (exact) mass is 393 g/mol. The molecular formula is C21H19N3O5. The molecule has 1 aromatic heterocycles. The SMILES string of the molecule is O=C(Cn1ccc2ccccc2c1=O)NCCC(=O)Nc1ccc2c(c1)OCO2. The van der Waals surface area contributed by atoms with Gasteiger partial charge in [-0.2, -0.15) is 0 Å². The second kappa shape index (κ2) is 8.05. The van der Waals surface area contributed by atoms with Crippen molar-refractivity contribution in [3.8, 4) is 11.5 Å². The van der Waals surface area contributed by atoms with Gasteiger partial charge in [0, 0.05) is 36.3 Å². The zero-order valence-corrected chi connectivity index (χ0v) is 15.5. The molecule has 0 saturated carbocycles. The molecule has 0 spiro atoms. The van der Waals surface area contributed by atoms with E-state index in [0.717, 1.165) is 5.39 Å². The fraction of sp³-hybridized carbons (Fsp3) is 0.190. The van der Waals surface area contributed by atoms with Gasteiger partial charge >= 0.3 is 0 Å². The number of nitrogens with one attached hydrogen (secondary N) is 2. The van der Waals surface area contributed by atoms with Gasteiger partial charge < -0.3 is 24.7 Å². The second-order valence-corrected chi connectivity index (χ2v) is 6.55. The van der Waals surface area contributed by atoms with Gasteiger partial charge in [-0.15, -0.1) is 0 Å². The first-order valence-electron chi connectivity index (χ1n) is 9.14. The summed E-state index contributed by atoms with van der Waals surface area (Å²) in [6.45, 7) is 0.226. The number of amides is 2. The first-order chi connectivity index (χ1) is 14.1. The summed E-state index contributed by atoms with van der Waals surface area (Å²) in [4.78, 5) is 36.6. The summed E-state index contributed by atoms with van der Waals surface area (Å²) in [5.41, 5.74) is 0.368. The third-order valence-corrected chi connectivity index (χ3v) is 4.53. The van der Waals surface area contributed by atoms with Gasteiger partial charge in [-0.3, -0.25) is 14.4 Å². The molecule has 0 atom stereocenters. The molecule has 4 rings (SSSR count). The fourth-order valence-corrected chi connectivity index (χ4v) is 3.08. The molecule has 148 valence electrons. The Hall–Kier alpha value is -3.81. The lowest BCUT2D eigenvalue weighted by molar-refractivity contribution is -0.121. The highest BCUT2D eigenvalue weighted by Crippen LogP contribution is 2.34. The molecule has 0 aliphatic carbocycles. The molecule has 2 aromatic carbocycles. The first kappa shape index (κ1) is 18.5. The highest BCUT2D eigenvalue weighted by atomic mass is 16.7. The van der Waals surface area contributed by atoms with Crippen molar-refractivity contribution in [3.63, 3.8) is 0 Å². The Morgan fingerprint density at radius 1 is 1.00 bits per heavy atom. The number of benzene rings is 2. The molecule has 0 bridgehead atoms. The molecule has 1 aliphatic rings. The average molecular weight is 393 g/mol. The van der Waals surface area contributed by atoms with Gasteiger partial charge in [0.1, 0.15) is 6.54 Å². The third kappa shape index (κ3) is 4.21. The number of pyridine rings is 1. The molecule has 1 aliphatic heterocycles. The van der Waals surface area contributed by atoms with Crippen molar-refractivity contribution in [2.45, 2.75) is 13.0 Å². The van der Waals surface area contributed by atoms with Crippen LogP contribution in [0, 0.1) is 0 Å². The van der Waals surface area contributed by atoms with Crippen molar-refractivity contribution in [2.75, 3.05) is 18.7 Å². The summed E-state index contributed by atoms with van der Waals surface area (Å²) in [6.07, 6.45) is 1.70. The third-order valence-electron chi connectivity index (χ3n) is 4.53. The summed E-state index contributed by atoms with van der Waals surface area (Å²) >= 11 is 0. The van der Waals surface area contributed by atoms with Crippen LogP contribution >= 0.6 is 0 Å². The van der Waals surface area contributed by atoms with Gasteiger partial charge in [-0.25, -0.2) is 0 Å². The van der Waals surface area contributed by atoms with E-state index in [1.165, 1.54) is 4.57 Å². The lowest BCUT2D eigenvalue weighted by atomic mass is 10.2. The molecule has 29 heavy (non-hydrogen) atoms. The van der Waals surface area contributed by atoms with Crippen LogP contribution in [0.1, 0.15) is 6.42 Å². The number of nitrogens with zero attached hydrogens (tertiary/aromatic N) is 1. The Labute approximate surface area is 166 Å². The summed E-state index contributed by atoms with van der Waals surface area (Å²) in [5.74, 6) is 0.640. The zero-order valence-electron chi connectivity index (χ0n) is 15.5. The number of aromatic nitrogens is 1. The molecular weight excluding hydrogens is 374 g/mol. The topological polar surface area (TPSA) is 98.7 Å². The highest BCUT2D eigenvalue weighted by Gasteiger charge is 2.14. The quantitative estimate of drug-likeness (QED) is 0.666. The molecule has 2 N–H and O–H groups in total. The molecule has 2 heterocycles. The number of rotatable bonds is 6. The number of hydrogen-bond acceptors (Lipinski definition) is 5. The number of ether oxygens (including phenoxy) is 2. The van der Waals surface area contributed by atoms with Crippen molar-refractivity contribution in [1.82, 2.24) is 9.88 Å². The van der Waals surface area contributed by atoms with Crippen LogP contribution in [0.15, 0.2) is 59.5 Å². The molecule has 8 heteroatoms. The van der Waals surface area contributed by atoms with Gasteiger partial charge in [0.2, 0.25) is 18.6 Å². The fourth-order valence-electron chi connectivity index (χ4n) is 3.08. The van der Waals surface area contributed by atoms with E-state index in [9.17, 15) is 14.4 Å². The predicted octanol–water partition coefficient (Wildman–Crippen LogP) is 1.88. The van der Waals surface area contributed by atoms with E-state index in [1.807, 2.05) is 12.1 Å². The minimum atomic E-state index is -0.335. The highest BCUT2D eigenvalue weighted by molar-refractivity contribution is 5.91. The molecule has 0 unspecified atom stereocenters. The van der Waals surface area contributed by atoms with E-state index in [2.05, 4.69) is 10.6 Å². The van der Waals surface area contributed by atoms with Crippen LogP contribution in [-0.2, 0) is 16.1 Å². The van der Waals surface area contributed by atoms with E-state index in [0.29, 0.717) is 22.6 Å². The van der Waals surface area contributed by atoms with Crippen LogP contribution < -0.4 is 25.7 Å². The molecule has 0 saturated heterocycles. The normalized spacial score (nSPS) is 12.0. The van der Waals surface area contributed by atoms with Crippen LogP contribution in [-0.4, -0.2) is 29.7 Å². The van der Waals surface area contributed by atoms with Gasteiger partial charge in [-0.05, 0) is 29.7 Å². The zero-order chi connectivity index (χ0) is 20.2. The Kier molecular flexibility index (Phi) is 5.15. The van der Waals surface area contributed by atoms with Crippen LogP contribution in [0.4, 0.5) is 5.69 Å². The molecule has 3 aromatic rings. The van der Waals surface area contributed by atoms with E-state index >= 15 is 0 Å². The van der Waals surface area contributed by atoms with Gasteiger partial charge in [-0.1, -0.05) is 18.2 Å². The summed E-state index contributed by atoms with van der Waals surface area (Å²) in [5, 5.41) is 6.79. The maximum Gasteiger partial charge on any atom is 0.258 e. The second-order valence-electron chi connectivity index (χ2n) is 6.55. The maximum atomic E-state index is 12.4. The number of fused-ring (bicyclic) bond motifs is 2. The molecule has 0 radical (unpaired) electrons. The van der Waals surface area contributed by atoms with E-state index in [1.54, 1.807) is 42.6 Å². The lowest BCUT2D eigenvalue weighted by Crippen LogP contribution is -2.33. The lowest BCUT2D eigenvalue weighted by Gasteiger charge is -2.09. The van der Waals surface area contributed by atoms with Crippen LogP contribution in [0.5, 0.6) is 11.5 Å². The van der Waals surface area contributed by atoms with Crippen molar-refractivity contribution >= 4 is 28.3 Å². The number of carbonyl (C=O) groups is 2.